The van der Waals surface area contributed by atoms with E-state index in [9.17, 15) is 61.0 Å². The van der Waals surface area contributed by atoms with Crippen LogP contribution in [0.15, 0.2) is 0 Å². The predicted molar refractivity (Wildman–Crippen MR) is 102 cm³/mol. The molecule has 3 fully saturated rings. The van der Waals surface area contributed by atoms with E-state index >= 15 is 0 Å². The van der Waals surface area contributed by atoms with Crippen molar-refractivity contribution >= 4 is 5.97 Å². The first-order valence-corrected chi connectivity index (χ1v) is 10.6. The Bertz CT molecular complexity index is 707. The van der Waals surface area contributed by atoms with E-state index in [2.05, 4.69) is 0 Å². The first-order chi connectivity index (χ1) is 16.4. The molecule has 0 aromatic rings. The third-order valence-electron chi connectivity index (χ3n) is 6.06. The Balaban J connectivity index is 1.80. The van der Waals surface area contributed by atoms with Gasteiger partial charge in [-0.3, -0.25) is 0 Å². The fraction of sp³-hybridized carbons (Fsp3) is 0.944. The summed E-state index contributed by atoms with van der Waals surface area (Å²) in [5, 5.41) is 109. The van der Waals surface area contributed by atoms with E-state index in [0.717, 1.165) is 0 Å². The Morgan fingerprint density at radius 2 is 1.03 bits per heavy atom. The van der Waals surface area contributed by atoms with Gasteiger partial charge in [-0.2, -0.15) is 0 Å². The van der Waals surface area contributed by atoms with Gasteiger partial charge in [0.1, 0.15) is 67.1 Å². The number of rotatable bonds is 7. The maximum Gasteiger partial charge on any atom is 0.335 e. The maximum absolute atomic E-state index is 11.7. The zero-order valence-electron chi connectivity index (χ0n) is 17.9. The van der Waals surface area contributed by atoms with Crippen LogP contribution in [0.2, 0.25) is 0 Å². The summed E-state index contributed by atoms with van der Waals surface area (Å²) in [4.78, 5) is 11.7. The van der Waals surface area contributed by atoms with Crippen LogP contribution in [0, 0.1) is 0 Å². The van der Waals surface area contributed by atoms with Gasteiger partial charge in [-0.05, 0) is 0 Å². The summed E-state index contributed by atoms with van der Waals surface area (Å²) in [7, 11) is 0. The van der Waals surface area contributed by atoms with Crippen molar-refractivity contribution in [2.24, 2.45) is 0 Å². The highest BCUT2D eigenvalue weighted by atomic mass is 16.8. The quantitative estimate of drug-likeness (QED) is 0.149. The maximum atomic E-state index is 11.7. The molecule has 0 aromatic carbocycles. The average molecular weight is 518 g/mol. The van der Waals surface area contributed by atoms with E-state index < -0.39 is 111 Å². The van der Waals surface area contributed by atoms with Crippen molar-refractivity contribution < 1.29 is 84.7 Å². The van der Waals surface area contributed by atoms with Crippen molar-refractivity contribution in [3.05, 3.63) is 0 Å². The molecule has 0 aromatic heterocycles. The Hall–Kier alpha value is -1.13. The van der Waals surface area contributed by atoms with Crippen LogP contribution in [-0.4, -0.2) is 167 Å². The largest absolute Gasteiger partial charge is 0.479 e. The summed E-state index contributed by atoms with van der Waals surface area (Å²) in [6, 6.07) is 0. The molecule has 0 amide bonds. The molecule has 0 bridgehead atoms. The lowest BCUT2D eigenvalue weighted by Crippen LogP contribution is -2.67. The van der Waals surface area contributed by atoms with Crippen LogP contribution < -0.4 is 0 Å². The lowest BCUT2D eigenvalue weighted by atomic mass is 9.96. The number of hydrogen-bond donors (Lipinski definition) is 11. The number of carbonyl (C=O) groups is 1. The smallest absolute Gasteiger partial charge is 0.335 e. The average Bonchev–Trinajstić information content (AvgIpc) is 2.82. The fourth-order valence-electron chi connectivity index (χ4n) is 4.01. The molecule has 3 rings (SSSR count). The van der Waals surface area contributed by atoms with Gasteiger partial charge in [-0.1, -0.05) is 0 Å². The van der Waals surface area contributed by atoms with Crippen LogP contribution >= 0.6 is 0 Å². The molecule has 1 unspecified atom stereocenters. The molecule has 0 saturated carbocycles. The van der Waals surface area contributed by atoms with E-state index in [0.29, 0.717) is 0 Å². The molecule has 3 heterocycles. The molecular weight excluding hydrogens is 488 g/mol. The number of hydrogen-bond acceptors (Lipinski definition) is 16. The number of aliphatic carboxylic acids is 1. The van der Waals surface area contributed by atoms with Gasteiger partial charge in [0.05, 0.1) is 13.2 Å². The summed E-state index contributed by atoms with van der Waals surface area (Å²) >= 11 is 0. The summed E-state index contributed by atoms with van der Waals surface area (Å²) in [6.45, 7) is -1.63. The van der Waals surface area contributed by atoms with E-state index in [1.165, 1.54) is 0 Å². The van der Waals surface area contributed by atoms with Crippen molar-refractivity contribution in [3.63, 3.8) is 0 Å². The van der Waals surface area contributed by atoms with Crippen LogP contribution in [-0.2, 0) is 28.5 Å². The van der Waals surface area contributed by atoms with Gasteiger partial charge in [0.15, 0.2) is 25.0 Å². The minimum absolute atomic E-state index is 0.805. The lowest BCUT2D eigenvalue weighted by molar-refractivity contribution is -0.378. The highest BCUT2D eigenvalue weighted by molar-refractivity contribution is 5.73. The highest BCUT2D eigenvalue weighted by Gasteiger charge is 2.55. The van der Waals surface area contributed by atoms with Crippen LogP contribution in [0.25, 0.3) is 0 Å². The normalized spacial score (nSPS) is 51.2. The molecule has 17 nitrogen and oxygen atoms in total. The predicted octanol–water partition coefficient (Wildman–Crippen LogP) is -7.48. The SMILES string of the molecule is O=C(O)[C@H]1OC(O)[C@H](O[C@@H]2O[C@H](CO)[C@H](O)[C@H](O)[C@H]2O)[C@@H](O)[C@@H]1O[C@@H]1O[C@H](CO)[C@@H](O)[C@H](O)[C@H]1O. The minimum atomic E-state index is -2.16. The van der Waals surface area contributed by atoms with Crippen LogP contribution in [0.5, 0.6) is 0 Å². The highest BCUT2D eigenvalue weighted by Crippen LogP contribution is 2.32. The first-order valence-electron chi connectivity index (χ1n) is 10.6. The summed E-state index contributed by atoms with van der Waals surface area (Å²) < 4.78 is 25.8. The fourth-order valence-corrected chi connectivity index (χ4v) is 4.01. The number of aliphatic hydroxyl groups is 10. The molecule has 0 spiro atoms. The van der Waals surface area contributed by atoms with Crippen molar-refractivity contribution in [1.82, 2.24) is 0 Å². The van der Waals surface area contributed by atoms with E-state index in [1.807, 2.05) is 0 Å². The molecule has 15 atom stereocenters. The molecule has 3 aliphatic rings. The van der Waals surface area contributed by atoms with Crippen molar-refractivity contribution in [1.29, 1.82) is 0 Å². The lowest BCUT2D eigenvalue weighted by Gasteiger charge is -2.47. The van der Waals surface area contributed by atoms with Gasteiger partial charge in [0.25, 0.3) is 0 Å². The van der Waals surface area contributed by atoms with Crippen molar-refractivity contribution in [3.8, 4) is 0 Å². The zero-order valence-corrected chi connectivity index (χ0v) is 17.9. The first kappa shape index (κ1) is 28.4. The van der Waals surface area contributed by atoms with Crippen molar-refractivity contribution in [2.45, 2.75) is 92.1 Å². The van der Waals surface area contributed by atoms with Gasteiger partial charge < -0.3 is 79.9 Å². The van der Waals surface area contributed by atoms with Gasteiger partial charge in [-0.15, -0.1) is 0 Å². The van der Waals surface area contributed by atoms with Gasteiger partial charge in [0, 0.05) is 0 Å². The standard InChI is InChI=1S/C18H30O17/c19-1-3-5(21)7(23)9(25)17(31-3)34-12-11(27)13(16(30)33-14(12)15(28)29)35-18-10(26)8(24)6(22)4(2-20)32-18/h3-14,16-27,30H,1-2H2,(H,28,29)/t3-,4-,5-,6+,7+,8+,9-,10-,11+,12+,13-,14+,16?,17+,18+/m1/s1. The topological polar surface area (TPSA) is 286 Å². The van der Waals surface area contributed by atoms with Crippen LogP contribution in [0.4, 0.5) is 0 Å². The molecular formula is C18H30O17. The second-order valence-electron chi connectivity index (χ2n) is 8.37. The van der Waals surface area contributed by atoms with Crippen LogP contribution in [0.1, 0.15) is 0 Å². The Morgan fingerprint density at radius 1 is 0.600 bits per heavy atom. The molecule has 204 valence electrons. The molecule has 3 aliphatic heterocycles. The van der Waals surface area contributed by atoms with E-state index in [1.54, 1.807) is 0 Å². The number of carboxylic acid groups (broad SMARTS) is 1. The third-order valence-corrected chi connectivity index (χ3v) is 6.06. The molecule has 17 heteroatoms. The van der Waals surface area contributed by atoms with E-state index in [4.69, 9.17) is 23.7 Å². The molecule has 11 N–H and O–H groups in total. The van der Waals surface area contributed by atoms with E-state index in [-0.39, 0.29) is 0 Å². The zero-order chi connectivity index (χ0) is 26.2. The van der Waals surface area contributed by atoms with Gasteiger partial charge in [0.2, 0.25) is 0 Å². The third kappa shape index (κ3) is 5.59. The molecule has 0 aliphatic carbocycles. The van der Waals surface area contributed by atoms with Gasteiger partial charge >= 0.3 is 5.97 Å². The number of aliphatic hydroxyl groups excluding tert-OH is 10. The molecule has 3 saturated heterocycles. The van der Waals surface area contributed by atoms with Gasteiger partial charge in [-0.25, -0.2) is 4.79 Å². The Kier molecular flexibility index (Phi) is 9.35. The number of ether oxygens (including phenoxy) is 5. The number of carboxylic acids is 1. The molecule has 35 heavy (non-hydrogen) atoms. The summed E-state index contributed by atoms with van der Waals surface area (Å²) in [6.07, 6.45) is -27.9. The van der Waals surface area contributed by atoms with Crippen molar-refractivity contribution in [2.75, 3.05) is 13.2 Å². The second kappa shape index (κ2) is 11.5. The minimum Gasteiger partial charge on any atom is -0.479 e. The summed E-state index contributed by atoms with van der Waals surface area (Å²) in [5.74, 6) is -1.73. The Morgan fingerprint density at radius 3 is 1.43 bits per heavy atom. The Labute approximate surface area is 196 Å². The summed E-state index contributed by atoms with van der Waals surface area (Å²) in [5.41, 5.74) is 0. The monoisotopic (exact) mass is 518 g/mol. The van der Waals surface area contributed by atoms with Crippen LogP contribution in [0.3, 0.4) is 0 Å². The molecule has 0 radical (unpaired) electrons. The second-order valence-corrected chi connectivity index (χ2v) is 8.37.